The normalized spacial score (nSPS) is 12.4. The molecule has 8 N–H and O–H groups in total. The van der Waals surface area contributed by atoms with Crippen LogP contribution in [0.25, 0.3) is 0 Å². The summed E-state index contributed by atoms with van der Waals surface area (Å²) in [6, 6.07) is 6.63. The minimum Gasteiger partial charge on any atom is -0.504 e. The Kier molecular flexibility index (Phi) is 17.8. The molecular formula is C38H56N4O12. The van der Waals surface area contributed by atoms with Crippen molar-refractivity contribution in [2.45, 2.75) is 118 Å². The van der Waals surface area contributed by atoms with Crippen molar-refractivity contribution in [1.29, 1.82) is 0 Å². The number of phenols is 2. The lowest BCUT2D eigenvalue weighted by atomic mass is 10.0. The summed E-state index contributed by atoms with van der Waals surface area (Å²) in [6.07, 6.45) is -1.08. The Hall–Kier alpha value is -5.54. The zero-order valence-corrected chi connectivity index (χ0v) is 32.7. The maximum atomic E-state index is 12.2. The van der Waals surface area contributed by atoms with E-state index in [1.54, 1.807) is 47.6 Å². The number of amides is 4. The molecule has 16 nitrogen and oxygen atoms in total. The molecule has 0 saturated heterocycles. The van der Waals surface area contributed by atoms with Gasteiger partial charge in [-0.05, 0) is 88.8 Å². The number of carbonyl (C=O) groups is 6. The first-order chi connectivity index (χ1) is 24.7. The second-order valence-corrected chi connectivity index (χ2v) is 15.4. The SMILES string of the molecule is CC(C)(C)OC(=O)N[C@@H](Cc1ccc(O)c(O)c1)C(N)=O.CC(C)CC(=O)Oc1ccc(C[C@H](NC(=O)OC(C)(C)C)C(N)=O)cc1OC(=O)CC(C)C. The van der Waals surface area contributed by atoms with Gasteiger partial charge < -0.3 is 51.3 Å². The van der Waals surface area contributed by atoms with E-state index >= 15 is 0 Å². The van der Waals surface area contributed by atoms with Crippen LogP contribution in [0.5, 0.6) is 23.0 Å². The van der Waals surface area contributed by atoms with Crippen molar-refractivity contribution in [3.05, 3.63) is 47.5 Å². The third-order valence-corrected chi connectivity index (χ3v) is 6.59. The third-order valence-electron chi connectivity index (χ3n) is 6.59. The fraction of sp³-hybridized carbons (Fsp3) is 0.526. The van der Waals surface area contributed by atoms with Crippen LogP contribution in [0, 0.1) is 11.8 Å². The van der Waals surface area contributed by atoms with Crippen molar-refractivity contribution in [2.24, 2.45) is 23.3 Å². The quantitative estimate of drug-likeness (QED) is 0.0882. The van der Waals surface area contributed by atoms with Crippen LogP contribution in [0.1, 0.15) is 93.2 Å². The lowest BCUT2D eigenvalue weighted by molar-refractivity contribution is -0.138. The second kappa shape index (κ2) is 20.6. The number of benzene rings is 2. The predicted molar refractivity (Wildman–Crippen MR) is 199 cm³/mol. The Morgan fingerprint density at radius 2 is 1.00 bits per heavy atom. The van der Waals surface area contributed by atoms with Crippen molar-refractivity contribution in [3.8, 4) is 23.0 Å². The first-order valence-electron chi connectivity index (χ1n) is 17.4. The van der Waals surface area contributed by atoms with Crippen LogP contribution in [0.2, 0.25) is 0 Å². The number of aromatic hydroxyl groups is 2. The van der Waals surface area contributed by atoms with Crippen LogP contribution in [0.4, 0.5) is 9.59 Å². The zero-order valence-electron chi connectivity index (χ0n) is 32.7. The van der Waals surface area contributed by atoms with Crippen LogP contribution in [-0.4, -0.2) is 69.4 Å². The summed E-state index contributed by atoms with van der Waals surface area (Å²) in [5, 5.41) is 23.5. The highest BCUT2D eigenvalue weighted by atomic mass is 16.6. The number of ether oxygens (including phenoxy) is 4. The van der Waals surface area contributed by atoms with Gasteiger partial charge in [-0.2, -0.15) is 0 Å². The number of esters is 2. The number of hydrogen-bond acceptors (Lipinski definition) is 12. The summed E-state index contributed by atoms with van der Waals surface area (Å²) in [7, 11) is 0. The number of phenolic OH excluding ortho intramolecular Hbond substituents is 2. The van der Waals surface area contributed by atoms with Crippen molar-refractivity contribution in [3.63, 3.8) is 0 Å². The van der Waals surface area contributed by atoms with Crippen LogP contribution in [0.3, 0.4) is 0 Å². The number of alkyl carbamates (subject to hydrolysis) is 2. The van der Waals surface area contributed by atoms with Crippen molar-refractivity contribution in [1.82, 2.24) is 10.6 Å². The Balaban J connectivity index is 0.000000596. The molecule has 0 fully saturated rings. The lowest BCUT2D eigenvalue weighted by Gasteiger charge is -2.22. The largest absolute Gasteiger partial charge is 0.504 e. The van der Waals surface area contributed by atoms with Crippen molar-refractivity contribution in [2.75, 3.05) is 0 Å². The van der Waals surface area contributed by atoms with Gasteiger partial charge in [-0.15, -0.1) is 0 Å². The standard InChI is InChI=1S/C24H36N2O7.C14H20N2O5/c1-14(2)10-20(27)31-18-9-8-16(13-19(18)32-21(28)11-15(3)4)12-17(22(25)29)26-23(30)33-24(5,6)7;1-14(2,3)21-13(20)16-9(12(15)19)6-8-4-5-10(17)11(18)7-8/h8-9,13-15,17H,10-12H2,1-7H3,(H2,25,29)(H,26,30);4-5,7,9,17-18H,6H2,1-3H3,(H2,15,19)(H,16,20)/t17-;9-/m00/s1. The molecule has 0 spiro atoms. The minimum atomic E-state index is -1.06. The summed E-state index contributed by atoms with van der Waals surface area (Å²) >= 11 is 0. The van der Waals surface area contributed by atoms with E-state index in [4.69, 9.17) is 30.4 Å². The monoisotopic (exact) mass is 760 g/mol. The highest BCUT2D eigenvalue weighted by Crippen LogP contribution is 2.31. The Morgan fingerprint density at radius 3 is 1.37 bits per heavy atom. The zero-order chi connectivity index (χ0) is 41.6. The van der Waals surface area contributed by atoms with E-state index in [-0.39, 0.29) is 60.5 Å². The van der Waals surface area contributed by atoms with Gasteiger partial charge in [0.1, 0.15) is 23.3 Å². The molecule has 0 unspecified atom stereocenters. The van der Waals surface area contributed by atoms with Crippen molar-refractivity contribution < 1.29 is 57.9 Å². The smallest absolute Gasteiger partial charge is 0.408 e. The van der Waals surface area contributed by atoms with Crippen molar-refractivity contribution >= 4 is 35.9 Å². The molecule has 0 radical (unpaired) electrons. The number of rotatable bonds is 14. The molecule has 0 aromatic heterocycles. The van der Waals surface area contributed by atoms with Gasteiger partial charge in [-0.25, -0.2) is 9.59 Å². The average molecular weight is 761 g/mol. The number of nitrogens with two attached hydrogens (primary N) is 2. The molecule has 0 bridgehead atoms. The molecule has 2 rings (SSSR count). The average Bonchev–Trinajstić information content (AvgIpc) is 2.97. The molecule has 54 heavy (non-hydrogen) atoms. The minimum absolute atomic E-state index is 0.0174. The first-order valence-corrected chi connectivity index (χ1v) is 17.4. The summed E-state index contributed by atoms with van der Waals surface area (Å²) in [4.78, 5) is 71.4. The van der Waals surface area contributed by atoms with E-state index in [9.17, 15) is 39.0 Å². The summed E-state index contributed by atoms with van der Waals surface area (Å²) in [5.74, 6) is -2.69. The fourth-order valence-electron chi connectivity index (χ4n) is 4.35. The molecule has 2 atom stereocenters. The first kappa shape index (κ1) is 46.5. The molecule has 2 aromatic carbocycles. The topological polar surface area (TPSA) is 256 Å². The summed E-state index contributed by atoms with van der Waals surface area (Å²) in [6.45, 7) is 17.7. The van der Waals surface area contributed by atoms with E-state index in [0.29, 0.717) is 11.1 Å². The molecule has 300 valence electrons. The van der Waals surface area contributed by atoms with Gasteiger partial charge in [0.15, 0.2) is 23.0 Å². The van der Waals surface area contributed by atoms with E-state index in [0.717, 1.165) is 0 Å². The van der Waals surface area contributed by atoms with Crippen LogP contribution in [0.15, 0.2) is 36.4 Å². The highest BCUT2D eigenvalue weighted by Gasteiger charge is 2.25. The maximum Gasteiger partial charge on any atom is 0.408 e. The van der Waals surface area contributed by atoms with Crippen LogP contribution in [-0.2, 0) is 41.5 Å². The van der Waals surface area contributed by atoms with Gasteiger partial charge >= 0.3 is 24.1 Å². The molecule has 0 heterocycles. The van der Waals surface area contributed by atoms with E-state index in [1.807, 2.05) is 27.7 Å². The van der Waals surface area contributed by atoms with Gasteiger partial charge in [0.25, 0.3) is 0 Å². The van der Waals surface area contributed by atoms with Gasteiger partial charge in [0.2, 0.25) is 11.8 Å². The molecule has 0 aliphatic heterocycles. The van der Waals surface area contributed by atoms with Crippen LogP contribution < -0.4 is 31.6 Å². The maximum absolute atomic E-state index is 12.2. The summed E-state index contributed by atoms with van der Waals surface area (Å²) < 4.78 is 21.1. The Labute approximate surface area is 316 Å². The molecule has 0 aliphatic carbocycles. The van der Waals surface area contributed by atoms with E-state index < -0.39 is 59.2 Å². The van der Waals surface area contributed by atoms with E-state index in [2.05, 4.69) is 10.6 Å². The number of primary amides is 2. The lowest BCUT2D eigenvalue weighted by Crippen LogP contribution is -2.47. The number of carbonyl (C=O) groups excluding carboxylic acids is 6. The highest BCUT2D eigenvalue weighted by molar-refractivity contribution is 5.85. The molecule has 0 aliphatic rings. The Bertz CT molecular complexity index is 1630. The molecule has 16 heteroatoms. The van der Waals surface area contributed by atoms with Gasteiger partial charge in [0.05, 0.1) is 0 Å². The molecule has 0 saturated carbocycles. The number of hydrogen-bond donors (Lipinski definition) is 6. The van der Waals surface area contributed by atoms with E-state index in [1.165, 1.54) is 30.3 Å². The molecular weight excluding hydrogens is 704 g/mol. The number of nitrogens with one attached hydrogen (secondary N) is 2. The Morgan fingerprint density at radius 1 is 0.611 bits per heavy atom. The van der Waals surface area contributed by atoms with Gasteiger partial charge in [0, 0.05) is 25.7 Å². The third kappa shape index (κ3) is 19.3. The van der Waals surface area contributed by atoms with Gasteiger partial charge in [-0.1, -0.05) is 39.8 Å². The molecule has 4 amide bonds. The second-order valence-electron chi connectivity index (χ2n) is 15.4. The van der Waals surface area contributed by atoms with Gasteiger partial charge in [-0.3, -0.25) is 19.2 Å². The summed E-state index contributed by atoms with van der Waals surface area (Å²) in [5.41, 5.74) is 10.3. The molecule has 2 aromatic rings. The fourth-order valence-corrected chi connectivity index (χ4v) is 4.35. The van der Waals surface area contributed by atoms with Crippen LogP contribution >= 0.6 is 0 Å². The predicted octanol–water partition coefficient (Wildman–Crippen LogP) is 4.53.